The van der Waals surface area contributed by atoms with E-state index < -0.39 is 26.3 Å². The normalized spacial score (nSPS) is 12.2. The summed E-state index contributed by atoms with van der Waals surface area (Å²) in [6, 6.07) is 21.7. The minimum Gasteiger partial charge on any atom is -0.488 e. The molecule has 0 saturated carbocycles. The van der Waals surface area contributed by atoms with Crippen molar-refractivity contribution in [2.75, 3.05) is 13.2 Å². The van der Waals surface area contributed by atoms with Gasteiger partial charge in [0, 0.05) is 41.7 Å². The van der Waals surface area contributed by atoms with Gasteiger partial charge in [0.25, 0.3) is 5.69 Å². The largest absolute Gasteiger partial charge is 0.488 e. The molecule has 0 fully saturated rings. The SMILES string of the molecule is Cc1c(COc2cc(OCc3cncc(C#N)c3)c(CS(=O)(=O)c3ccc([N+](=O)[O-])cc3)cc2F)cccc1-c1ccc2c(c1)OCCO2. The molecule has 248 valence electrons. The van der Waals surface area contributed by atoms with E-state index in [9.17, 15) is 23.8 Å². The van der Waals surface area contributed by atoms with Crippen LogP contribution < -0.4 is 18.9 Å². The third kappa shape index (κ3) is 7.45. The number of non-ortho nitro benzene ring substituents is 1. The summed E-state index contributed by atoms with van der Waals surface area (Å²) < 4.78 is 65.6. The van der Waals surface area contributed by atoms with E-state index in [0.29, 0.717) is 35.8 Å². The third-order valence-electron chi connectivity index (χ3n) is 7.87. The van der Waals surface area contributed by atoms with E-state index >= 15 is 4.39 Å². The number of benzene rings is 4. The molecule has 6 rings (SSSR count). The van der Waals surface area contributed by atoms with Gasteiger partial charge in [0.2, 0.25) is 0 Å². The lowest BCUT2D eigenvalue weighted by molar-refractivity contribution is -0.384. The van der Waals surface area contributed by atoms with Crippen molar-refractivity contribution in [2.24, 2.45) is 0 Å². The zero-order chi connectivity index (χ0) is 34.5. The fourth-order valence-corrected chi connectivity index (χ4v) is 6.66. The summed E-state index contributed by atoms with van der Waals surface area (Å²) >= 11 is 0. The number of aromatic nitrogens is 1. The maximum absolute atomic E-state index is 15.6. The van der Waals surface area contributed by atoms with Gasteiger partial charge in [-0.15, -0.1) is 0 Å². The molecule has 2 heterocycles. The number of nitriles is 1. The molecule has 0 bridgehead atoms. The van der Waals surface area contributed by atoms with Crippen LogP contribution in [0.25, 0.3) is 11.1 Å². The van der Waals surface area contributed by atoms with Crippen LogP contribution in [-0.4, -0.2) is 31.5 Å². The number of sulfone groups is 1. The minimum atomic E-state index is -4.08. The van der Waals surface area contributed by atoms with Gasteiger partial charge in [0.15, 0.2) is 32.9 Å². The molecule has 0 aliphatic carbocycles. The van der Waals surface area contributed by atoms with Gasteiger partial charge in [-0.25, -0.2) is 12.8 Å². The Bertz CT molecular complexity index is 2200. The molecule has 0 amide bonds. The Balaban J connectivity index is 1.28. The molecule has 0 N–H and O–H groups in total. The Morgan fingerprint density at radius 1 is 0.918 bits per heavy atom. The van der Waals surface area contributed by atoms with Crippen molar-refractivity contribution in [1.82, 2.24) is 4.98 Å². The van der Waals surface area contributed by atoms with E-state index in [1.54, 1.807) is 6.07 Å². The van der Waals surface area contributed by atoms with Gasteiger partial charge < -0.3 is 18.9 Å². The lowest BCUT2D eigenvalue weighted by Gasteiger charge is -2.20. The highest BCUT2D eigenvalue weighted by molar-refractivity contribution is 7.90. The summed E-state index contributed by atoms with van der Waals surface area (Å²) in [5.74, 6) is -0.269. The van der Waals surface area contributed by atoms with Crippen LogP contribution >= 0.6 is 0 Å². The first-order valence-electron chi connectivity index (χ1n) is 15.0. The number of nitro benzene ring substituents is 1. The van der Waals surface area contributed by atoms with Crippen LogP contribution in [0.15, 0.2) is 96.2 Å². The monoisotopic (exact) mass is 681 g/mol. The van der Waals surface area contributed by atoms with Gasteiger partial charge in [0.1, 0.15) is 38.2 Å². The van der Waals surface area contributed by atoms with Crippen LogP contribution in [0.3, 0.4) is 0 Å². The first kappa shape index (κ1) is 32.9. The van der Waals surface area contributed by atoms with Crippen molar-refractivity contribution in [1.29, 1.82) is 5.26 Å². The zero-order valence-corrected chi connectivity index (χ0v) is 26.9. The molecule has 49 heavy (non-hydrogen) atoms. The highest BCUT2D eigenvalue weighted by Crippen LogP contribution is 2.37. The van der Waals surface area contributed by atoms with Crippen LogP contribution in [0.4, 0.5) is 10.1 Å². The highest BCUT2D eigenvalue weighted by Gasteiger charge is 2.23. The highest BCUT2D eigenvalue weighted by atomic mass is 32.2. The van der Waals surface area contributed by atoms with Crippen molar-refractivity contribution in [3.05, 3.63) is 135 Å². The molecular weight excluding hydrogens is 653 g/mol. The van der Waals surface area contributed by atoms with E-state index in [1.807, 2.05) is 49.4 Å². The molecule has 0 atom stereocenters. The van der Waals surface area contributed by atoms with Crippen molar-refractivity contribution >= 4 is 15.5 Å². The Morgan fingerprint density at radius 2 is 1.67 bits per heavy atom. The maximum atomic E-state index is 15.6. The fourth-order valence-electron chi connectivity index (χ4n) is 5.30. The number of pyridine rings is 1. The lowest BCUT2D eigenvalue weighted by Crippen LogP contribution is -2.15. The topological polar surface area (TPSA) is 151 Å². The molecule has 1 aliphatic heterocycles. The number of fused-ring (bicyclic) bond motifs is 1. The van der Waals surface area contributed by atoms with E-state index in [4.69, 9.17) is 18.9 Å². The van der Waals surface area contributed by atoms with Crippen LogP contribution in [0.2, 0.25) is 0 Å². The predicted octanol–water partition coefficient (Wildman–Crippen LogP) is 6.88. The first-order chi connectivity index (χ1) is 23.6. The van der Waals surface area contributed by atoms with Gasteiger partial charge >= 0.3 is 0 Å². The fraction of sp³-hybridized carbons (Fsp3) is 0.167. The van der Waals surface area contributed by atoms with Crippen molar-refractivity contribution in [3.8, 4) is 40.2 Å². The van der Waals surface area contributed by atoms with E-state index in [1.165, 1.54) is 18.5 Å². The molecule has 1 aromatic heterocycles. The van der Waals surface area contributed by atoms with Gasteiger partial charge in [0.05, 0.1) is 21.1 Å². The van der Waals surface area contributed by atoms with Gasteiger partial charge in [-0.05, 0) is 65.6 Å². The molecule has 13 heteroatoms. The first-order valence-corrected chi connectivity index (χ1v) is 16.6. The van der Waals surface area contributed by atoms with Crippen molar-refractivity contribution in [2.45, 2.75) is 30.8 Å². The summed E-state index contributed by atoms with van der Waals surface area (Å²) in [4.78, 5) is 14.2. The minimum absolute atomic E-state index is 0.00406. The molecule has 0 unspecified atom stereocenters. The number of rotatable bonds is 11. The van der Waals surface area contributed by atoms with Crippen LogP contribution in [0, 0.1) is 34.2 Å². The van der Waals surface area contributed by atoms with E-state index in [2.05, 4.69) is 4.98 Å². The molecule has 1 aliphatic rings. The molecule has 11 nitrogen and oxygen atoms in total. The molecular formula is C36H28FN3O8S. The summed E-state index contributed by atoms with van der Waals surface area (Å²) in [5.41, 5.74) is 4.12. The van der Waals surface area contributed by atoms with Crippen LogP contribution in [0.1, 0.15) is 27.8 Å². The number of nitrogens with zero attached hydrogens (tertiary/aromatic N) is 3. The quantitative estimate of drug-likeness (QED) is 0.107. The van der Waals surface area contributed by atoms with Gasteiger partial charge in [-0.2, -0.15) is 5.26 Å². The summed E-state index contributed by atoms with van der Waals surface area (Å²) in [7, 11) is -4.08. The van der Waals surface area contributed by atoms with E-state index in [-0.39, 0.29) is 40.9 Å². The third-order valence-corrected chi connectivity index (χ3v) is 9.55. The predicted molar refractivity (Wildman–Crippen MR) is 176 cm³/mol. The summed E-state index contributed by atoms with van der Waals surface area (Å²) in [6.07, 6.45) is 2.88. The van der Waals surface area contributed by atoms with Gasteiger partial charge in [-0.3, -0.25) is 15.1 Å². The lowest BCUT2D eigenvalue weighted by atomic mass is 9.96. The Hall–Kier alpha value is -6.00. The van der Waals surface area contributed by atoms with E-state index in [0.717, 1.165) is 52.6 Å². The summed E-state index contributed by atoms with van der Waals surface area (Å²) in [6.45, 7) is 2.78. The molecule has 0 spiro atoms. The smallest absolute Gasteiger partial charge is 0.269 e. The van der Waals surface area contributed by atoms with Crippen molar-refractivity contribution < 1.29 is 36.7 Å². The number of halogens is 1. The molecule has 4 aromatic carbocycles. The van der Waals surface area contributed by atoms with Crippen LogP contribution in [-0.2, 0) is 28.8 Å². The number of hydrogen-bond acceptors (Lipinski definition) is 10. The molecule has 5 aromatic rings. The number of ether oxygens (including phenoxy) is 4. The Kier molecular flexibility index (Phi) is 9.41. The standard InChI is InChI=1S/C36H28FN3O8S/c1-23-27(3-2-4-31(23)26-5-10-33-36(15-26)46-12-11-45-33)21-48-35-16-34(47-20-25-13-24(17-38)18-39-19-25)28(14-32(35)37)22-49(43,44)30-8-6-29(7-9-30)40(41)42/h2-10,13-16,18-19H,11-12,20-22H2,1H3. The second-order valence-corrected chi connectivity index (χ2v) is 13.1. The van der Waals surface area contributed by atoms with Crippen LogP contribution in [0.5, 0.6) is 23.0 Å². The number of nitro groups is 1. The van der Waals surface area contributed by atoms with Gasteiger partial charge in [-0.1, -0.05) is 24.3 Å². The average Bonchev–Trinajstić information content (AvgIpc) is 3.11. The number of hydrogen-bond donors (Lipinski definition) is 0. The Labute approximate surface area is 281 Å². The zero-order valence-electron chi connectivity index (χ0n) is 26.1. The molecule has 0 radical (unpaired) electrons. The maximum Gasteiger partial charge on any atom is 0.269 e. The second-order valence-electron chi connectivity index (χ2n) is 11.1. The Morgan fingerprint density at radius 3 is 2.43 bits per heavy atom. The van der Waals surface area contributed by atoms with Crippen molar-refractivity contribution in [3.63, 3.8) is 0 Å². The summed E-state index contributed by atoms with van der Waals surface area (Å²) in [5, 5.41) is 20.3. The average molecular weight is 682 g/mol. The molecule has 0 saturated heterocycles. The second kappa shape index (κ2) is 14.0.